The summed E-state index contributed by atoms with van der Waals surface area (Å²) in [7, 11) is -1.74. The molecule has 1 aromatic heterocycles. The van der Waals surface area contributed by atoms with Crippen LogP contribution in [0.5, 0.6) is 0 Å². The molecular formula is C24H29ClN4O2S. The first kappa shape index (κ1) is 23.0. The zero-order chi connectivity index (χ0) is 22.7. The quantitative estimate of drug-likeness (QED) is 0.498. The molecule has 0 amide bonds. The van der Waals surface area contributed by atoms with Gasteiger partial charge in [-0.25, -0.2) is 18.5 Å². The van der Waals surface area contributed by atoms with Gasteiger partial charge in [-0.05, 0) is 85.5 Å². The van der Waals surface area contributed by atoms with Gasteiger partial charge in [0.25, 0.3) is 10.0 Å². The fourth-order valence-corrected chi connectivity index (χ4v) is 5.44. The molecule has 0 saturated carbocycles. The zero-order valence-electron chi connectivity index (χ0n) is 18.2. The maximum Gasteiger partial charge on any atom is 0.257 e. The average molecular weight is 473 g/mol. The standard InChI is InChI=1S/C24H29ClN4O2S/c1-27-14-20-13-19-8-7-17(5-3-9-29-15-24(28-16-29)32(26,30)31)11-22(19)23(20)12-18-4-2-6-21(25)10-18/h2,4,6-8,10-11,15-16,20,23,27H,3,5,9,12-14H2,1H3,(H2,26,30,31). The lowest BCUT2D eigenvalue weighted by molar-refractivity contribution is 0.436. The van der Waals surface area contributed by atoms with Crippen LogP contribution in [0.2, 0.25) is 5.02 Å². The van der Waals surface area contributed by atoms with E-state index in [0.717, 1.165) is 37.3 Å². The number of hydrogen-bond acceptors (Lipinski definition) is 4. The van der Waals surface area contributed by atoms with Gasteiger partial charge in [0.05, 0.1) is 6.33 Å². The Morgan fingerprint density at radius 1 is 1.22 bits per heavy atom. The number of nitrogens with two attached hydrogens (primary N) is 1. The van der Waals surface area contributed by atoms with Crippen LogP contribution in [0.3, 0.4) is 0 Å². The van der Waals surface area contributed by atoms with Gasteiger partial charge in [-0.2, -0.15) is 0 Å². The van der Waals surface area contributed by atoms with Crippen molar-refractivity contribution in [1.82, 2.24) is 14.9 Å². The lowest BCUT2D eigenvalue weighted by Crippen LogP contribution is -2.23. The van der Waals surface area contributed by atoms with E-state index in [-0.39, 0.29) is 5.03 Å². The molecule has 8 heteroatoms. The first-order chi connectivity index (χ1) is 15.3. The van der Waals surface area contributed by atoms with Gasteiger partial charge in [0, 0.05) is 17.8 Å². The number of nitrogens with one attached hydrogen (secondary N) is 1. The van der Waals surface area contributed by atoms with Crippen LogP contribution in [0, 0.1) is 5.92 Å². The summed E-state index contributed by atoms with van der Waals surface area (Å²) in [6.07, 6.45) is 6.88. The first-order valence-corrected chi connectivity index (χ1v) is 12.8. The predicted molar refractivity (Wildman–Crippen MR) is 127 cm³/mol. The van der Waals surface area contributed by atoms with Gasteiger partial charge in [0.15, 0.2) is 5.03 Å². The lowest BCUT2D eigenvalue weighted by atomic mass is 9.86. The highest BCUT2D eigenvalue weighted by Gasteiger charge is 2.32. The number of benzene rings is 2. The number of imidazole rings is 1. The van der Waals surface area contributed by atoms with Gasteiger partial charge < -0.3 is 9.88 Å². The van der Waals surface area contributed by atoms with Crippen LogP contribution < -0.4 is 10.5 Å². The van der Waals surface area contributed by atoms with E-state index in [9.17, 15) is 8.42 Å². The van der Waals surface area contributed by atoms with Crippen LogP contribution in [0.4, 0.5) is 0 Å². The Morgan fingerprint density at radius 2 is 2.06 bits per heavy atom. The van der Waals surface area contributed by atoms with E-state index in [0.29, 0.717) is 18.4 Å². The fraction of sp³-hybridized carbons (Fsp3) is 0.375. The van der Waals surface area contributed by atoms with E-state index in [1.54, 1.807) is 4.57 Å². The molecule has 6 nitrogen and oxygen atoms in total. The van der Waals surface area contributed by atoms with Crippen LogP contribution >= 0.6 is 11.6 Å². The number of primary sulfonamides is 1. The number of aryl methyl sites for hydroxylation is 2. The number of halogens is 1. The molecule has 32 heavy (non-hydrogen) atoms. The molecule has 2 unspecified atom stereocenters. The van der Waals surface area contributed by atoms with Crippen molar-refractivity contribution in [1.29, 1.82) is 0 Å². The summed E-state index contributed by atoms with van der Waals surface area (Å²) in [5.41, 5.74) is 5.46. The van der Waals surface area contributed by atoms with E-state index in [4.69, 9.17) is 16.7 Å². The highest BCUT2D eigenvalue weighted by atomic mass is 35.5. The molecule has 0 saturated heterocycles. The Balaban J connectivity index is 1.46. The number of sulfonamides is 1. The van der Waals surface area contributed by atoms with Crippen molar-refractivity contribution in [3.05, 3.63) is 82.3 Å². The molecule has 2 atom stereocenters. The Morgan fingerprint density at radius 3 is 2.78 bits per heavy atom. The van der Waals surface area contributed by atoms with Gasteiger partial charge >= 0.3 is 0 Å². The topological polar surface area (TPSA) is 90.0 Å². The lowest BCUT2D eigenvalue weighted by Gasteiger charge is -2.21. The van der Waals surface area contributed by atoms with Gasteiger partial charge in [0.2, 0.25) is 0 Å². The van der Waals surface area contributed by atoms with E-state index in [1.807, 2.05) is 19.2 Å². The normalized spacial score (nSPS) is 18.1. The van der Waals surface area contributed by atoms with Crippen molar-refractivity contribution >= 4 is 21.6 Å². The molecule has 0 radical (unpaired) electrons. The SMILES string of the molecule is CNCC1Cc2ccc(CCCn3cnc(S(N)(=O)=O)c3)cc2C1Cc1cccc(Cl)c1. The Labute approximate surface area is 194 Å². The summed E-state index contributed by atoms with van der Waals surface area (Å²) < 4.78 is 24.6. The van der Waals surface area contributed by atoms with Gasteiger partial charge in [-0.3, -0.25) is 0 Å². The molecule has 0 aliphatic heterocycles. The summed E-state index contributed by atoms with van der Waals surface area (Å²) in [6, 6.07) is 15.0. The minimum absolute atomic E-state index is 0.0885. The van der Waals surface area contributed by atoms with E-state index >= 15 is 0 Å². The number of hydrogen-bond donors (Lipinski definition) is 2. The smallest absolute Gasteiger partial charge is 0.257 e. The molecule has 1 aliphatic carbocycles. The third kappa shape index (κ3) is 5.41. The summed E-state index contributed by atoms with van der Waals surface area (Å²) in [4.78, 5) is 3.88. The Kier molecular flexibility index (Phi) is 7.00. The molecule has 0 spiro atoms. The summed E-state index contributed by atoms with van der Waals surface area (Å²) in [5.74, 6) is 1.02. The maximum atomic E-state index is 11.4. The van der Waals surface area contributed by atoms with Crippen molar-refractivity contribution in [2.24, 2.45) is 11.1 Å². The highest BCUT2D eigenvalue weighted by Crippen LogP contribution is 2.40. The molecule has 0 fully saturated rings. The van der Waals surface area contributed by atoms with Crippen LogP contribution in [-0.4, -0.2) is 31.6 Å². The molecule has 1 heterocycles. The molecule has 170 valence electrons. The third-order valence-electron chi connectivity index (χ3n) is 6.25. The van der Waals surface area contributed by atoms with Crippen molar-refractivity contribution in [3.8, 4) is 0 Å². The summed E-state index contributed by atoms with van der Waals surface area (Å²) in [5, 5.41) is 9.19. The third-order valence-corrected chi connectivity index (χ3v) is 7.28. The van der Waals surface area contributed by atoms with Crippen molar-refractivity contribution in [2.45, 2.75) is 43.2 Å². The average Bonchev–Trinajstić information content (AvgIpc) is 3.34. The monoisotopic (exact) mass is 472 g/mol. The molecule has 1 aliphatic rings. The molecule has 3 N–H and O–H groups in total. The maximum absolute atomic E-state index is 11.4. The van der Waals surface area contributed by atoms with Crippen LogP contribution in [0.25, 0.3) is 0 Å². The highest BCUT2D eigenvalue weighted by molar-refractivity contribution is 7.89. The van der Waals surface area contributed by atoms with Crippen molar-refractivity contribution in [2.75, 3.05) is 13.6 Å². The first-order valence-electron chi connectivity index (χ1n) is 10.9. The largest absolute Gasteiger partial charge is 0.336 e. The van der Waals surface area contributed by atoms with Crippen LogP contribution in [0.15, 0.2) is 60.0 Å². The van der Waals surface area contributed by atoms with Crippen LogP contribution in [0.1, 0.15) is 34.6 Å². The fourth-order valence-electron chi connectivity index (χ4n) is 4.76. The molecule has 4 rings (SSSR count). The van der Waals surface area contributed by atoms with Gasteiger partial charge in [-0.15, -0.1) is 0 Å². The zero-order valence-corrected chi connectivity index (χ0v) is 19.7. The molecule has 3 aromatic rings. The second-order valence-electron chi connectivity index (χ2n) is 8.59. The Bertz CT molecular complexity index is 1190. The number of nitrogens with zero attached hydrogens (tertiary/aromatic N) is 2. The van der Waals surface area contributed by atoms with Gasteiger partial charge in [0.1, 0.15) is 0 Å². The van der Waals surface area contributed by atoms with Gasteiger partial charge in [-0.1, -0.05) is 41.9 Å². The summed E-state index contributed by atoms with van der Waals surface area (Å²) >= 11 is 6.23. The van der Waals surface area contributed by atoms with Crippen LogP contribution in [-0.2, 0) is 35.8 Å². The van der Waals surface area contributed by atoms with E-state index in [2.05, 4.69) is 40.6 Å². The number of aromatic nitrogens is 2. The number of fused-ring (bicyclic) bond motifs is 1. The van der Waals surface area contributed by atoms with Crippen molar-refractivity contribution in [3.63, 3.8) is 0 Å². The van der Waals surface area contributed by atoms with Crippen molar-refractivity contribution < 1.29 is 8.42 Å². The second-order valence-corrected chi connectivity index (χ2v) is 10.5. The van der Waals surface area contributed by atoms with E-state index < -0.39 is 10.0 Å². The second kappa shape index (κ2) is 9.75. The predicted octanol–water partition coefficient (Wildman–Crippen LogP) is 3.53. The Hall–Kier alpha value is -2.19. The molecular weight excluding hydrogens is 444 g/mol. The minimum Gasteiger partial charge on any atom is -0.336 e. The number of rotatable bonds is 9. The molecule has 2 aromatic carbocycles. The molecule has 0 bridgehead atoms. The minimum atomic E-state index is -3.76. The summed E-state index contributed by atoms with van der Waals surface area (Å²) in [6.45, 7) is 1.68. The van der Waals surface area contributed by atoms with E-state index in [1.165, 1.54) is 34.8 Å².